The standard InChI is InChI=1S/C33H44N2/c1-20-12-13-26(17-21(20)2)31-23(4)30(27-15-14-25-11-10-16-35-28(25)18-27)29(24(5)32(31)34-9)22(3)19-33(6,7)8/h12-15,17-18,22,34-35H,10-11,16,19H2,1-9H3. The van der Waals surface area contributed by atoms with Gasteiger partial charge in [-0.2, -0.15) is 0 Å². The fourth-order valence-corrected chi connectivity index (χ4v) is 6.22. The lowest BCUT2D eigenvalue weighted by atomic mass is 9.75. The van der Waals surface area contributed by atoms with Crippen LogP contribution < -0.4 is 10.6 Å². The molecule has 1 aliphatic heterocycles. The zero-order chi connectivity index (χ0) is 25.5. The van der Waals surface area contributed by atoms with Crippen LogP contribution in [0.5, 0.6) is 0 Å². The average Bonchev–Trinajstić information content (AvgIpc) is 2.80. The Labute approximate surface area is 213 Å². The van der Waals surface area contributed by atoms with Crippen LogP contribution in [0, 0.1) is 33.1 Å². The first-order chi connectivity index (χ1) is 16.5. The maximum atomic E-state index is 3.66. The highest BCUT2D eigenvalue weighted by molar-refractivity contribution is 5.92. The minimum atomic E-state index is 0.265. The van der Waals surface area contributed by atoms with Gasteiger partial charge in [0.05, 0.1) is 0 Å². The van der Waals surface area contributed by atoms with Crippen molar-refractivity contribution in [2.75, 3.05) is 24.2 Å². The Morgan fingerprint density at radius 1 is 0.886 bits per heavy atom. The van der Waals surface area contributed by atoms with Crippen LogP contribution in [-0.2, 0) is 6.42 Å². The molecule has 35 heavy (non-hydrogen) atoms. The Kier molecular flexibility index (Phi) is 7.04. The molecule has 0 spiro atoms. The van der Waals surface area contributed by atoms with Crippen molar-refractivity contribution < 1.29 is 0 Å². The second kappa shape index (κ2) is 9.72. The van der Waals surface area contributed by atoms with Crippen molar-refractivity contribution in [3.63, 3.8) is 0 Å². The molecule has 2 heteroatoms. The first kappa shape index (κ1) is 25.4. The summed E-state index contributed by atoms with van der Waals surface area (Å²) in [7, 11) is 2.08. The van der Waals surface area contributed by atoms with Crippen LogP contribution in [0.2, 0.25) is 0 Å². The highest BCUT2D eigenvalue weighted by Crippen LogP contribution is 2.48. The number of rotatable bonds is 5. The summed E-state index contributed by atoms with van der Waals surface area (Å²) in [4.78, 5) is 0. The van der Waals surface area contributed by atoms with Gasteiger partial charge in [0.25, 0.3) is 0 Å². The molecule has 3 aromatic carbocycles. The van der Waals surface area contributed by atoms with E-state index < -0.39 is 0 Å². The Bertz CT molecular complexity index is 1240. The van der Waals surface area contributed by atoms with Gasteiger partial charge in [-0.15, -0.1) is 0 Å². The SMILES string of the molecule is CNc1c(C)c(C(C)CC(C)(C)C)c(-c2ccc3c(c2)NCCC3)c(C)c1-c1ccc(C)c(C)c1. The molecule has 0 aliphatic carbocycles. The largest absolute Gasteiger partial charge is 0.387 e. The summed E-state index contributed by atoms with van der Waals surface area (Å²) in [6.45, 7) is 19.6. The van der Waals surface area contributed by atoms with Gasteiger partial charge in [0.1, 0.15) is 0 Å². The van der Waals surface area contributed by atoms with Crippen LogP contribution in [-0.4, -0.2) is 13.6 Å². The molecule has 0 aromatic heterocycles. The topological polar surface area (TPSA) is 24.1 Å². The van der Waals surface area contributed by atoms with E-state index in [0.717, 1.165) is 13.0 Å². The first-order valence-electron chi connectivity index (χ1n) is 13.3. The number of nitrogens with one attached hydrogen (secondary N) is 2. The number of hydrogen-bond acceptors (Lipinski definition) is 2. The monoisotopic (exact) mass is 468 g/mol. The predicted octanol–water partition coefficient (Wildman–Crippen LogP) is 9.19. The maximum Gasteiger partial charge on any atom is 0.0453 e. The molecule has 186 valence electrons. The van der Waals surface area contributed by atoms with Gasteiger partial charge in [0, 0.05) is 30.5 Å². The summed E-state index contributed by atoms with van der Waals surface area (Å²) in [5, 5.41) is 7.28. The molecule has 1 aliphatic rings. The van der Waals surface area contributed by atoms with Crippen LogP contribution in [0.4, 0.5) is 11.4 Å². The maximum absolute atomic E-state index is 3.66. The quantitative estimate of drug-likeness (QED) is 0.390. The van der Waals surface area contributed by atoms with E-state index in [4.69, 9.17) is 0 Å². The van der Waals surface area contributed by atoms with Crippen molar-refractivity contribution in [3.05, 3.63) is 69.8 Å². The molecule has 0 saturated carbocycles. The third-order valence-electron chi connectivity index (χ3n) is 7.84. The normalized spacial score (nSPS) is 14.3. The van der Waals surface area contributed by atoms with E-state index in [2.05, 4.69) is 109 Å². The average molecular weight is 469 g/mol. The highest BCUT2D eigenvalue weighted by Gasteiger charge is 2.27. The van der Waals surface area contributed by atoms with Gasteiger partial charge in [-0.05, 0) is 114 Å². The Hall–Kier alpha value is -2.74. The van der Waals surface area contributed by atoms with Crippen LogP contribution >= 0.6 is 0 Å². The molecule has 2 N–H and O–H groups in total. The third-order valence-corrected chi connectivity index (χ3v) is 7.84. The Morgan fingerprint density at radius 3 is 2.23 bits per heavy atom. The van der Waals surface area contributed by atoms with E-state index in [0.29, 0.717) is 5.92 Å². The van der Waals surface area contributed by atoms with Crippen molar-refractivity contribution in [1.82, 2.24) is 0 Å². The number of aryl methyl sites for hydroxylation is 3. The van der Waals surface area contributed by atoms with E-state index in [9.17, 15) is 0 Å². The molecule has 0 radical (unpaired) electrons. The van der Waals surface area contributed by atoms with E-state index in [1.807, 2.05) is 0 Å². The van der Waals surface area contributed by atoms with Crippen LogP contribution in [0.15, 0.2) is 36.4 Å². The molecule has 0 fully saturated rings. The molecule has 1 atom stereocenters. The summed E-state index contributed by atoms with van der Waals surface area (Å²) < 4.78 is 0. The number of anilines is 2. The van der Waals surface area contributed by atoms with E-state index in [-0.39, 0.29) is 5.41 Å². The minimum Gasteiger partial charge on any atom is -0.387 e. The molecule has 1 heterocycles. The lowest BCUT2D eigenvalue weighted by Gasteiger charge is -2.31. The number of hydrogen-bond donors (Lipinski definition) is 2. The van der Waals surface area contributed by atoms with Crippen molar-refractivity contribution in [2.45, 2.75) is 80.6 Å². The minimum absolute atomic E-state index is 0.265. The summed E-state index contributed by atoms with van der Waals surface area (Å²) in [6, 6.07) is 14.0. The van der Waals surface area contributed by atoms with Gasteiger partial charge in [0.2, 0.25) is 0 Å². The van der Waals surface area contributed by atoms with Crippen molar-refractivity contribution in [2.24, 2.45) is 5.41 Å². The summed E-state index contributed by atoms with van der Waals surface area (Å²) in [5.74, 6) is 0.452. The lowest BCUT2D eigenvalue weighted by Crippen LogP contribution is -2.14. The fourth-order valence-electron chi connectivity index (χ4n) is 6.22. The zero-order valence-corrected chi connectivity index (χ0v) is 23.4. The summed E-state index contributed by atoms with van der Waals surface area (Å²) in [6.07, 6.45) is 3.53. The van der Waals surface area contributed by atoms with Gasteiger partial charge < -0.3 is 10.6 Å². The van der Waals surface area contributed by atoms with E-state index >= 15 is 0 Å². The Morgan fingerprint density at radius 2 is 1.57 bits per heavy atom. The lowest BCUT2D eigenvalue weighted by molar-refractivity contribution is 0.348. The molecule has 0 saturated heterocycles. The molecule has 0 amide bonds. The molecule has 1 unspecified atom stereocenters. The van der Waals surface area contributed by atoms with E-state index in [1.54, 1.807) is 0 Å². The van der Waals surface area contributed by atoms with Gasteiger partial charge in [-0.3, -0.25) is 0 Å². The van der Waals surface area contributed by atoms with Gasteiger partial charge in [-0.1, -0.05) is 58.0 Å². The summed E-state index contributed by atoms with van der Waals surface area (Å²) in [5.41, 5.74) is 16.6. The van der Waals surface area contributed by atoms with Crippen LogP contribution in [0.1, 0.15) is 79.8 Å². The van der Waals surface area contributed by atoms with Crippen molar-refractivity contribution in [3.8, 4) is 22.3 Å². The molecular weight excluding hydrogens is 424 g/mol. The molecule has 2 nitrogen and oxygen atoms in total. The predicted molar refractivity (Wildman–Crippen MR) is 155 cm³/mol. The van der Waals surface area contributed by atoms with Crippen molar-refractivity contribution >= 4 is 11.4 Å². The van der Waals surface area contributed by atoms with Gasteiger partial charge >= 0.3 is 0 Å². The van der Waals surface area contributed by atoms with Crippen molar-refractivity contribution in [1.29, 1.82) is 0 Å². The fraction of sp³-hybridized carbons (Fsp3) is 0.455. The van der Waals surface area contributed by atoms with Gasteiger partial charge in [0.15, 0.2) is 0 Å². The molecule has 0 bridgehead atoms. The number of fused-ring (bicyclic) bond motifs is 1. The second-order valence-electron chi connectivity index (χ2n) is 11.9. The smallest absolute Gasteiger partial charge is 0.0453 e. The highest BCUT2D eigenvalue weighted by atomic mass is 14.9. The second-order valence-corrected chi connectivity index (χ2v) is 11.9. The third kappa shape index (κ3) is 4.99. The van der Waals surface area contributed by atoms with E-state index in [1.165, 1.54) is 79.9 Å². The van der Waals surface area contributed by atoms with Gasteiger partial charge in [-0.25, -0.2) is 0 Å². The van der Waals surface area contributed by atoms with Crippen LogP contribution in [0.25, 0.3) is 22.3 Å². The summed E-state index contributed by atoms with van der Waals surface area (Å²) >= 11 is 0. The zero-order valence-electron chi connectivity index (χ0n) is 23.4. The number of benzene rings is 3. The Balaban J connectivity index is 2.04. The van der Waals surface area contributed by atoms with Crippen LogP contribution in [0.3, 0.4) is 0 Å². The first-order valence-corrected chi connectivity index (χ1v) is 13.3. The molecular formula is C33H44N2. The molecule has 3 aromatic rings. The molecule has 4 rings (SSSR count).